The van der Waals surface area contributed by atoms with Crippen molar-refractivity contribution in [1.29, 1.82) is 0 Å². The highest BCUT2D eigenvalue weighted by Crippen LogP contribution is 2.23. The average molecular weight is 202 g/mol. The lowest BCUT2D eigenvalue weighted by Gasteiger charge is -2.11. The Bertz CT molecular complexity index is 305. The fourth-order valence-electron chi connectivity index (χ4n) is 1.85. The van der Waals surface area contributed by atoms with E-state index in [1.165, 1.54) is 29.5 Å². The summed E-state index contributed by atoms with van der Waals surface area (Å²) in [5, 5.41) is 0. The second-order valence-corrected chi connectivity index (χ2v) is 4.27. The Hall–Kier alpha value is -1.04. The molecular weight excluding hydrogens is 180 g/mol. The van der Waals surface area contributed by atoms with Crippen LogP contribution in [-0.4, -0.2) is 0 Å². The Morgan fingerprint density at radius 2 is 1.80 bits per heavy atom. The van der Waals surface area contributed by atoms with E-state index in [1.807, 2.05) is 0 Å². The van der Waals surface area contributed by atoms with Gasteiger partial charge in [0.2, 0.25) is 0 Å². The Labute approximate surface area is 94.0 Å². The lowest BCUT2D eigenvalue weighted by Crippen LogP contribution is -1.93. The molecule has 0 aliphatic rings. The van der Waals surface area contributed by atoms with Crippen LogP contribution in [-0.2, 0) is 0 Å². The van der Waals surface area contributed by atoms with Crippen LogP contribution in [0.3, 0.4) is 0 Å². The highest BCUT2D eigenvalue weighted by Gasteiger charge is 2.04. The molecule has 1 rings (SSSR count). The zero-order chi connectivity index (χ0) is 11.3. The molecular formula is C15H22. The molecule has 15 heavy (non-hydrogen) atoms. The molecule has 0 amide bonds. The summed E-state index contributed by atoms with van der Waals surface area (Å²) in [6, 6.07) is 8.90. The molecule has 0 bridgehead atoms. The number of hydrogen-bond acceptors (Lipinski definition) is 0. The summed E-state index contributed by atoms with van der Waals surface area (Å²) in [7, 11) is 0. The number of allylic oxidation sites excluding steroid dienone is 1. The van der Waals surface area contributed by atoms with Gasteiger partial charge in [-0.3, -0.25) is 0 Å². The minimum absolute atomic E-state index is 0.680. The van der Waals surface area contributed by atoms with E-state index in [-0.39, 0.29) is 0 Å². The third kappa shape index (κ3) is 3.23. The van der Waals surface area contributed by atoms with Crippen LogP contribution in [0.2, 0.25) is 0 Å². The number of benzene rings is 1. The van der Waals surface area contributed by atoms with Gasteiger partial charge in [-0.15, -0.1) is 0 Å². The molecule has 0 radical (unpaired) electrons. The molecule has 0 heteroatoms. The molecule has 82 valence electrons. The standard InChI is InChI=1S/C15H22/c1-5-7-13(4)15-10-8-14(9-11-15)12(3)6-2/h8-11,13H,3,5-7H2,1-2,4H3/t13-/m0/s1. The first kappa shape index (κ1) is 12.0. The van der Waals surface area contributed by atoms with Crippen LogP contribution in [0.15, 0.2) is 30.8 Å². The van der Waals surface area contributed by atoms with Crippen molar-refractivity contribution in [1.82, 2.24) is 0 Å². The highest BCUT2D eigenvalue weighted by molar-refractivity contribution is 5.63. The molecule has 0 aliphatic carbocycles. The van der Waals surface area contributed by atoms with Gasteiger partial charge in [-0.25, -0.2) is 0 Å². The predicted octanol–water partition coefficient (Wildman–Crippen LogP) is 5.01. The first-order chi connectivity index (χ1) is 7.19. The first-order valence-corrected chi connectivity index (χ1v) is 5.97. The molecule has 0 fully saturated rings. The summed E-state index contributed by atoms with van der Waals surface area (Å²) in [6.07, 6.45) is 3.56. The van der Waals surface area contributed by atoms with Gasteiger partial charge >= 0.3 is 0 Å². The van der Waals surface area contributed by atoms with E-state index in [0.29, 0.717) is 5.92 Å². The van der Waals surface area contributed by atoms with Gasteiger partial charge < -0.3 is 0 Å². The Kier molecular flexibility index (Phi) is 4.61. The molecule has 0 N–H and O–H groups in total. The van der Waals surface area contributed by atoms with Crippen LogP contribution in [0.25, 0.3) is 5.57 Å². The van der Waals surface area contributed by atoms with Gasteiger partial charge in [-0.05, 0) is 35.5 Å². The van der Waals surface area contributed by atoms with Crippen LogP contribution in [0.1, 0.15) is 57.1 Å². The fourth-order valence-corrected chi connectivity index (χ4v) is 1.85. The SMILES string of the molecule is C=C(CC)c1ccc([C@@H](C)CCC)cc1. The van der Waals surface area contributed by atoms with E-state index in [2.05, 4.69) is 51.6 Å². The van der Waals surface area contributed by atoms with E-state index in [9.17, 15) is 0 Å². The molecule has 0 saturated carbocycles. The second kappa shape index (κ2) is 5.75. The van der Waals surface area contributed by atoms with Crippen molar-refractivity contribution in [3.05, 3.63) is 42.0 Å². The molecule has 0 spiro atoms. The topological polar surface area (TPSA) is 0 Å². The predicted molar refractivity (Wildman–Crippen MR) is 69.1 cm³/mol. The summed E-state index contributed by atoms with van der Waals surface area (Å²) in [4.78, 5) is 0. The van der Waals surface area contributed by atoms with Crippen LogP contribution < -0.4 is 0 Å². The van der Waals surface area contributed by atoms with Gasteiger partial charge in [0, 0.05) is 0 Å². The van der Waals surface area contributed by atoms with Gasteiger partial charge in [-0.1, -0.05) is 58.0 Å². The van der Waals surface area contributed by atoms with Crippen molar-refractivity contribution in [3.8, 4) is 0 Å². The molecule has 1 aromatic rings. The molecule has 0 aliphatic heterocycles. The van der Waals surface area contributed by atoms with Gasteiger partial charge in [0.25, 0.3) is 0 Å². The minimum Gasteiger partial charge on any atom is -0.0952 e. The van der Waals surface area contributed by atoms with Gasteiger partial charge in [0.05, 0.1) is 0 Å². The zero-order valence-electron chi connectivity index (χ0n) is 10.2. The Morgan fingerprint density at radius 1 is 1.20 bits per heavy atom. The molecule has 0 aromatic heterocycles. The summed E-state index contributed by atoms with van der Waals surface area (Å²) < 4.78 is 0. The fraction of sp³-hybridized carbons (Fsp3) is 0.467. The molecule has 0 nitrogen and oxygen atoms in total. The second-order valence-electron chi connectivity index (χ2n) is 4.27. The van der Waals surface area contributed by atoms with Gasteiger partial charge in [-0.2, -0.15) is 0 Å². The van der Waals surface area contributed by atoms with Crippen LogP contribution in [0.4, 0.5) is 0 Å². The minimum atomic E-state index is 0.680. The smallest absolute Gasteiger partial charge is 0.0190 e. The van der Waals surface area contributed by atoms with Crippen molar-refractivity contribution in [2.24, 2.45) is 0 Å². The quantitative estimate of drug-likeness (QED) is 0.629. The summed E-state index contributed by atoms with van der Waals surface area (Å²) >= 11 is 0. The van der Waals surface area contributed by atoms with E-state index in [0.717, 1.165) is 6.42 Å². The summed E-state index contributed by atoms with van der Waals surface area (Å²) in [5.74, 6) is 0.680. The Morgan fingerprint density at radius 3 is 2.27 bits per heavy atom. The van der Waals surface area contributed by atoms with E-state index < -0.39 is 0 Å². The molecule has 0 unspecified atom stereocenters. The maximum absolute atomic E-state index is 4.05. The summed E-state index contributed by atoms with van der Waals surface area (Å²) in [5.41, 5.74) is 3.96. The molecule has 1 atom stereocenters. The Balaban J connectivity index is 2.76. The van der Waals surface area contributed by atoms with Crippen molar-refractivity contribution in [2.75, 3.05) is 0 Å². The third-order valence-electron chi connectivity index (χ3n) is 3.04. The lowest BCUT2D eigenvalue weighted by atomic mass is 9.94. The van der Waals surface area contributed by atoms with Crippen LogP contribution in [0.5, 0.6) is 0 Å². The van der Waals surface area contributed by atoms with Gasteiger partial charge in [0.15, 0.2) is 0 Å². The van der Waals surface area contributed by atoms with Crippen molar-refractivity contribution in [3.63, 3.8) is 0 Å². The van der Waals surface area contributed by atoms with Crippen molar-refractivity contribution in [2.45, 2.75) is 46.0 Å². The summed E-state index contributed by atoms with van der Waals surface area (Å²) in [6.45, 7) is 10.7. The molecule has 0 heterocycles. The van der Waals surface area contributed by atoms with E-state index in [4.69, 9.17) is 0 Å². The van der Waals surface area contributed by atoms with E-state index in [1.54, 1.807) is 0 Å². The molecule has 1 aromatic carbocycles. The third-order valence-corrected chi connectivity index (χ3v) is 3.04. The van der Waals surface area contributed by atoms with Crippen molar-refractivity contribution < 1.29 is 0 Å². The highest BCUT2D eigenvalue weighted by atomic mass is 14.1. The average Bonchev–Trinajstić information content (AvgIpc) is 2.28. The monoisotopic (exact) mass is 202 g/mol. The first-order valence-electron chi connectivity index (χ1n) is 5.97. The largest absolute Gasteiger partial charge is 0.0952 e. The number of rotatable bonds is 5. The zero-order valence-corrected chi connectivity index (χ0v) is 10.2. The van der Waals surface area contributed by atoms with Crippen LogP contribution >= 0.6 is 0 Å². The van der Waals surface area contributed by atoms with Crippen LogP contribution in [0, 0.1) is 0 Å². The molecule has 0 saturated heterocycles. The van der Waals surface area contributed by atoms with Gasteiger partial charge in [0.1, 0.15) is 0 Å². The van der Waals surface area contributed by atoms with Crippen molar-refractivity contribution >= 4 is 5.57 Å². The maximum atomic E-state index is 4.05. The van der Waals surface area contributed by atoms with E-state index >= 15 is 0 Å². The maximum Gasteiger partial charge on any atom is -0.0190 e. The lowest BCUT2D eigenvalue weighted by molar-refractivity contribution is 0.665. The number of hydrogen-bond donors (Lipinski definition) is 0. The normalized spacial score (nSPS) is 12.5.